The lowest BCUT2D eigenvalue weighted by Crippen LogP contribution is -2.46. The van der Waals surface area contributed by atoms with Gasteiger partial charge in [0.15, 0.2) is 0 Å². The number of halogens is 2. The molecule has 19 nitrogen and oxygen atoms in total. The highest BCUT2D eigenvalue weighted by Gasteiger charge is 2.45. The maximum atomic E-state index is 12.8. The van der Waals surface area contributed by atoms with Crippen LogP contribution in [0, 0.1) is 0 Å². The van der Waals surface area contributed by atoms with Crippen LogP contribution in [0.2, 0.25) is 10.0 Å². The van der Waals surface area contributed by atoms with Crippen LogP contribution in [-0.2, 0) is 36.6 Å². The second kappa shape index (κ2) is 19.3. The molecule has 0 bridgehead atoms. The normalized spacial score (nSPS) is 18.3. The van der Waals surface area contributed by atoms with Crippen LogP contribution < -0.4 is 30.7 Å². The van der Waals surface area contributed by atoms with Crippen molar-refractivity contribution >= 4 is 67.0 Å². The molecular formula is C39H44Cl2N12O7S2. The van der Waals surface area contributed by atoms with Crippen LogP contribution in [0.15, 0.2) is 94.8 Å². The number of nitrogens with one attached hydrogen (secondary N) is 1. The van der Waals surface area contributed by atoms with Crippen LogP contribution >= 0.6 is 34.5 Å². The monoisotopic (exact) mass is 926 g/mol. The standard InChI is InChI=1S/C35H38Cl2N8O4.C4H6N4O3S2/c1-3-25(2)45-34(46)44(24-40-45)29-7-5-27(6-8-29)41-14-16-42(17-15-41)28-9-11-30(12-10-28)47-19-31-20-48-35(49-31,21-43-23-38-22-39-43)32-13-4-26(36)18-33(32)37;1-2(9)6-3-7-8-4(12-3)13(5,10)11/h4-13,18,22-25,31H,3,14-17,19-21H2,1-2H3;1H3,(H2,5,10,11)(H,6,7,9)/t25?,31-,35-;/m0./s1. The number of carbonyl (C=O) groups excluding carboxylic acids is 1. The van der Waals surface area contributed by atoms with Crippen LogP contribution in [0.1, 0.15) is 38.8 Å². The Labute approximate surface area is 371 Å². The van der Waals surface area contributed by atoms with Crippen LogP contribution in [0.25, 0.3) is 5.69 Å². The Balaban J connectivity index is 0.000000382. The Morgan fingerprint density at radius 2 is 1.65 bits per heavy atom. The number of primary sulfonamides is 1. The third-order valence-corrected chi connectivity index (χ3v) is 12.8. The van der Waals surface area contributed by atoms with E-state index in [1.807, 2.05) is 44.2 Å². The zero-order valence-electron chi connectivity index (χ0n) is 33.9. The first kappa shape index (κ1) is 44.6. The van der Waals surface area contributed by atoms with Gasteiger partial charge in [-0.2, -0.15) is 10.2 Å². The summed E-state index contributed by atoms with van der Waals surface area (Å²) in [6.07, 6.45) is 5.19. The third-order valence-electron chi connectivity index (χ3n) is 10.1. The van der Waals surface area contributed by atoms with Gasteiger partial charge in [0.25, 0.3) is 10.0 Å². The van der Waals surface area contributed by atoms with Gasteiger partial charge in [0.2, 0.25) is 21.2 Å². The molecule has 0 radical (unpaired) electrons. The van der Waals surface area contributed by atoms with E-state index in [0.717, 1.165) is 55.4 Å². The van der Waals surface area contributed by atoms with E-state index >= 15 is 0 Å². The Morgan fingerprint density at radius 1 is 0.984 bits per heavy atom. The van der Waals surface area contributed by atoms with E-state index in [9.17, 15) is 18.0 Å². The lowest BCUT2D eigenvalue weighted by atomic mass is 10.1. The molecule has 3 atom stereocenters. The second-order valence-corrected chi connectivity index (χ2v) is 18.0. The zero-order chi connectivity index (χ0) is 44.0. The molecular weight excluding hydrogens is 884 g/mol. The van der Waals surface area contributed by atoms with Gasteiger partial charge in [0.1, 0.15) is 44.0 Å². The molecule has 3 aromatic carbocycles. The Bertz CT molecular complexity index is 2620. The first-order chi connectivity index (χ1) is 29.7. The van der Waals surface area contributed by atoms with Crippen molar-refractivity contribution in [2.24, 2.45) is 5.14 Å². The number of piperazine rings is 1. The van der Waals surface area contributed by atoms with Gasteiger partial charge < -0.3 is 29.3 Å². The highest BCUT2D eigenvalue weighted by molar-refractivity contribution is 7.91. The number of hydrogen-bond acceptors (Lipinski definition) is 15. The molecule has 3 aromatic heterocycles. The molecule has 3 N–H and O–H groups in total. The number of carbonyl (C=O) groups is 1. The fourth-order valence-electron chi connectivity index (χ4n) is 6.77. The predicted molar refractivity (Wildman–Crippen MR) is 234 cm³/mol. The van der Waals surface area contributed by atoms with E-state index in [1.54, 1.807) is 34.0 Å². The fourth-order valence-corrected chi connectivity index (χ4v) is 8.70. The summed E-state index contributed by atoms with van der Waals surface area (Å²) in [5.41, 5.74) is 3.64. The molecule has 0 saturated carbocycles. The molecule has 2 fully saturated rings. The quantitative estimate of drug-likeness (QED) is 0.150. The van der Waals surface area contributed by atoms with Gasteiger partial charge >= 0.3 is 5.69 Å². The van der Waals surface area contributed by atoms with Gasteiger partial charge in [0.05, 0.1) is 23.4 Å². The summed E-state index contributed by atoms with van der Waals surface area (Å²) in [7, 11) is -3.82. The van der Waals surface area contributed by atoms with Crippen molar-refractivity contribution in [1.82, 2.24) is 39.3 Å². The first-order valence-electron chi connectivity index (χ1n) is 19.4. The Kier molecular flexibility index (Phi) is 13.9. The van der Waals surface area contributed by atoms with Crippen LogP contribution in [-0.4, -0.2) is 99.1 Å². The van der Waals surface area contributed by atoms with Gasteiger partial charge in [-0.1, -0.05) is 47.5 Å². The number of amides is 1. The molecule has 6 aromatic rings. The van der Waals surface area contributed by atoms with Crippen molar-refractivity contribution in [1.29, 1.82) is 0 Å². The Hall–Kier alpha value is -5.42. The van der Waals surface area contributed by atoms with Gasteiger partial charge in [-0.15, -0.1) is 10.2 Å². The molecule has 5 heterocycles. The van der Waals surface area contributed by atoms with Crippen molar-refractivity contribution in [3.05, 3.63) is 112 Å². The lowest BCUT2D eigenvalue weighted by molar-refractivity contribution is -0.190. The van der Waals surface area contributed by atoms with Crippen molar-refractivity contribution in [3.63, 3.8) is 0 Å². The number of rotatable bonds is 13. The van der Waals surface area contributed by atoms with Crippen molar-refractivity contribution < 1.29 is 27.4 Å². The molecule has 8 rings (SSSR count). The summed E-state index contributed by atoms with van der Waals surface area (Å²) >= 11 is 13.4. The number of ether oxygens (including phenoxy) is 3. The Morgan fingerprint density at radius 3 is 2.23 bits per heavy atom. The molecule has 1 unspecified atom stereocenters. The van der Waals surface area contributed by atoms with Crippen molar-refractivity contribution in [2.75, 3.05) is 54.5 Å². The number of benzene rings is 3. The number of aromatic nitrogens is 8. The fraction of sp³-hybridized carbons (Fsp3) is 0.359. The van der Waals surface area contributed by atoms with E-state index in [4.69, 9.17) is 42.6 Å². The van der Waals surface area contributed by atoms with E-state index in [-0.39, 0.29) is 39.8 Å². The third kappa shape index (κ3) is 10.6. The lowest BCUT2D eigenvalue weighted by Gasteiger charge is -2.37. The van der Waals surface area contributed by atoms with Gasteiger partial charge in [-0.05, 0) is 74.0 Å². The van der Waals surface area contributed by atoms with Crippen LogP contribution in [0.3, 0.4) is 0 Å². The minimum Gasteiger partial charge on any atom is -0.491 e. The summed E-state index contributed by atoms with van der Waals surface area (Å²) in [6.45, 7) is 9.76. The molecule has 2 aliphatic rings. The minimum absolute atomic E-state index is 0.0645. The first-order valence-corrected chi connectivity index (χ1v) is 22.6. The summed E-state index contributed by atoms with van der Waals surface area (Å²) in [6, 6.07) is 21.6. The second-order valence-electron chi connectivity index (χ2n) is 14.4. The molecule has 62 heavy (non-hydrogen) atoms. The van der Waals surface area contributed by atoms with Gasteiger partial charge in [-0.25, -0.2) is 37.3 Å². The number of anilines is 3. The SMILES string of the molecule is CC(=O)Nc1nnc(S(N)(=O)=O)s1.CCC(C)n1ncn(-c2ccc(N3CCN(c4ccc(OC[C@H]5CO[C@](Cn6cncn6)(c6ccc(Cl)cc6Cl)O5)cc4)CC3)cc2)c1=O. The van der Waals surface area contributed by atoms with E-state index < -0.39 is 15.8 Å². The van der Waals surface area contributed by atoms with Crippen molar-refractivity contribution in [3.8, 4) is 11.4 Å². The molecule has 2 aliphatic heterocycles. The molecule has 1 amide bonds. The van der Waals surface area contributed by atoms with E-state index in [0.29, 0.717) is 40.2 Å². The van der Waals surface area contributed by atoms with Crippen LogP contribution in [0.5, 0.6) is 5.75 Å². The number of nitrogens with two attached hydrogens (primary N) is 1. The van der Waals surface area contributed by atoms with E-state index in [2.05, 4.69) is 64.8 Å². The smallest absolute Gasteiger partial charge is 0.350 e. The van der Waals surface area contributed by atoms with Crippen LogP contribution in [0.4, 0.5) is 16.5 Å². The molecule has 0 aliphatic carbocycles. The molecule has 328 valence electrons. The summed E-state index contributed by atoms with van der Waals surface area (Å²) in [5, 5.41) is 23.3. The summed E-state index contributed by atoms with van der Waals surface area (Å²) in [4.78, 5) is 32.1. The van der Waals surface area contributed by atoms with E-state index in [1.165, 1.54) is 17.9 Å². The van der Waals surface area contributed by atoms with Gasteiger partial charge in [0, 0.05) is 55.1 Å². The molecule has 23 heteroatoms. The van der Waals surface area contributed by atoms with Crippen molar-refractivity contribution in [2.45, 2.75) is 56.0 Å². The molecule has 2 saturated heterocycles. The maximum Gasteiger partial charge on any atom is 0.350 e. The highest BCUT2D eigenvalue weighted by atomic mass is 35.5. The topological polar surface area (TPSA) is 220 Å². The number of sulfonamides is 1. The average molecular weight is 928 g/mol. The highest BCUT2D eigenvalue weighted by Crippen LogP contribution is 2.40. The number of nitrogens with zero attached hydrogens (tertiary/aromatic N) is 10. The predicted octanol–water partition coefficient (Wildman–Crippen LogP) is 4.72. The minimum atomic E-state index is -3.82. The summed E-state index contributed by atoms with van der Waals surface area (Å²) in [5.74, 6) is -0.760. The maximum absolute atomic E-state index is 12.8. The summed E-state index contributed by atoms with van der Waals surface area (Å²) < 4.78 is 44.7. The average Bonchev–Trinajstić information content (AvgIpc) is 4.09. The number of hydrogen-bond donors (Lipinski definition) is 2. The molecule has 0 spiro atoms. The largest absolute Gasteiger partial charge is 0.491 e. The van der Waals surface area contributed by atoms with Gasteiger partial charge in [-0.3, -0.25) is 4.79 Å². The zero-order valence-corrected chi connectivity index (χ0v) is 37.0.